The van der Waals surface area contributed by atoms with Gasteiger partial charge in [0.05, 0.1) is 0 Å². The number of carbonyl (C=O) groups is 1. The number of amides is 1. The van der Waals surface area contributed by atoms with Gasteiger partial charge in [-0.05, 0) is 23.8 Å². The normalized spacial score (nSPS) is 11.8. The molecule has 0 atom stereocenters. The molecule has 0 fully saturated rings. The van der Waals surface area contributed by atoms with Crippen LogP contribution >= 0.6 is 0 Å². The summed E-state index contributed by atoms with van der Waals surface area (Å²) >= 11 is 0. The Kier molecular flexibility index (Phi) is 4.16. The van der Waals surface area contributed by atoms with E-state index in [9.17, 15) is 13.2 Å². The number of rotatable bonds is 5. The summed E-state index contributed by atoms with van der Waals surface area (Å²) in [5.41, 5.74) is 2.11. The highest BCUT2D eigenvalue weighted by Gasteiger charge is 2.20. The fourth-order valence-corrected chi connectivity index (χ4v) is 3.67. The third-order valence-electron chi connectivity index (χ3n) is 3.89. The number of H-pyrrole nitrogens is 1. The molecule has 0 spiro atoms. The van der Waals surface area contributed by atoms with Crippen molar-refractivity contribution >= 4 is 26.8 Å². The molecule has 0 aliphatic rings. The largest absolute Gasteiger partial charge is 0.361 e. The minimum Gasteiger partial charge on any atom is -0.361 e. The second-order valence-electron chi connectivity index (χ2n) is 5.43. The average Bonchev–Trinajstić information content (AvgIpc) is 3.19. The molecule has 0 unspecified atom stereocenters. The highest BCUT2D eigenvalue weighted by atomic mass is 32.2. The first-order valence-corrected chi connectivity index (χ1v) is 8.84. The lowest BCUT2D eigenvalue weighted by molar-refractivity contribution is 0.0955. The van der Waals surface area contributed by atoms with Crippen LogP contribution in [-0.4, -0.2) is 30.9 Å². The average molecular weight is 346 g/mol. The monoisotopic (exact) mass is 346 g/mol. The van der Waals surface area contributed by atoms with E-state index >= 15 is 0 Å². The molecule has 126 valence electrons. The lowest BCUT2D eigenvalue weighted by Gasteiger charge is -2.06. The number of aromatic nitrogens is 2. The van der Waals surface area contributed by atoms with Gasteiger partial charge in [0.25, 0.3) is 5.91 Å². The number of sulfonamides is 1. The summed E-state index contributed by atoms with van der Waals surface area (Å²) in [7, 11) is -0.586. The molecule has 0 aliphatic carbocycles. The summed E-state index contributed by atoms with van der Waals surface area (Å²) in [6.07, 6.45) is 3.24. The lowest BCUT2D eigenvalue weighted by Crippen LogP contribution is -2.23. The molecule has 3 aromatic rings. The zero-order valence-electron chi connectivity index (χ0n) is 13.3. The van der Waals surface area contributed by atoms with Gasteiger partial charge in [-0.1, -0.05) is 12.1 Å². The molecule has 24 heavy (non-hydrogen) atoms. The maximum atomic E-state index is 12.5. The van der Waals surface area contributed by atoms with Crippen molar-refractivity contribution in [3.63, 3.8) is 0 Å². The first kappa shape index (κ1) is 16.3. The molecule has 3 N–H and O–H groups in total. The number of nitrogens with one attached hydrogen (secondary N) is 3. The summed E-state index contributed by atoms with van der Waals surface area (Å²) in [5, 5.41) is 3.45. The van der Waals surface area contributed by atoms with Crippen molar-refractivity contribution in [2.45, 2.75) is 11.4 Å². The van der Waals surface area contributed by atoms with Crippen LogP contribution in [-0.2, 0) is 23.6 Å². The predicted octanol–water partition coefficient (Wildman–Crippen LogP) is 1.34. The first-order valence-electron chi connectivity index (χ1n) is 7.35. The molecule has 1 amide bonds. The van der Waals surface area contributed by atoms with Gasteiger partial charge in [0, 0.05) is 43.9 Å². The van der Waals surface area contributed by atoms with Crippen molar-refractivity contribution in [2.75, 3.05) is 7.05 Å². The second kappa shape index (κ2) is 6.14. The molecule has 3 rings (SSSR count). The van der Waals surface area contributed by atoms with Crippen LogP contribution in [0.5, 0.6) is 0 Å². The summed E-state index contributed by atoms with van der Waals surface area (Å²) < 4.78 is 29.1. The van der Waals surface area contributed by atoms with E-state index < -0.39 is 10.0 Å². The molecule has 0 saturated carbocycles. The van der Waals surface area contributed by atoms with E-state index in [-0.39, 0.29) is 23.0 Å². The van der Waals surface area contributed by atoms with Gasteiger partial charge in [0.1, 0.15) is 10.6 Å². The number of aromatic amines is 1. The van der Waals surface area contributed by atoms with Crippen LogP contribution in [0.1, 0.15) is 16.1 Å². The van der Waals surface area contributed by atoms with Gasteiger partial charge in [-0.3, -0.25) is 4.79 Å². The van der Waals surface area contributed by atoms with E-state index in [0.717, 1.165) is 16.5 Å². The van der Waals surface area contributed by atoms with Gasteiger partial charge in [-0.25, -0.2) is 13.1 Å². The Morgan fingerprint density at radius 3 is 2.83 bits per heavy atom. The van der Waals surface area contributed by atoms with Crippen molar-refractivity contribution in [1.82, 2.24) is 19.6 Å². The summed E-state index contributed by atoms with van der Waals surface area (Å²) in [5.74, 6) is -0.337. The molecular formula is C16H18N4O3S. The van der Waals surface area contributed by atoms with E-state index in [2.05, 4.69) is 15.0 Å². The Morgan fingerprint density at radius 2 is 2.08 bits per heavy atom. The molecule has 8 heteroatoms. The fourth-order valence-electron chi connectivity index (χ4n) is 2.60. The van der Waals surface area contributed by atoms with Crippen molar-refractivity contribution in [1.29, 1.82) is 0 Å². The lowest BCUT2D eigenvalue weighted by atomic mass is 10.1. The fraction of sp³-hybridized carbons (Fsp3) is 0.188. The van der Waals surface area contributed by atoms with Crippen LogP contribution in [0, 0.1) is 0 Å². The number of hydrogen-bond donors (Lipinski definition) is 3. The van der Waals surface area contributed by atoms with Crippen LogP contribution in [0.3, 0.4) is 0 Å². The molecule has 2 heterocycles. The molecular weight excluding hydrogens is 328 g/mol. The molecule has 0 aliphatic heterocycles. The number of aryl methyl sites for hydroxylation is 1. The Balaban J connectivity index is 1.84. The van der Waals surface area contributed by atoms with Crippen LogP contribution in [0.25, 0.3) is 10.9 Å². The van der Waals surface area contributed by atoms with E-state index in [1.807, 2.05) is 30.5 Å². The quantitative estimate of drug-likeness (QED) is 0.650. The minimum absolute atomic E-state index is 0.0600. The highest BCUT2D eigenvalue weighted by Crippen LogP contribution is 2.19. The van der Waals surface area contributed by atoms with Gasteiger partial charge in [0.15, 0.2) is 0 Å². The Labute approximate surface area is 139 Å². The standard InChI is InChI=1S/C16H18N4O3S/c1-17-16(21)15-8-12(10-20(15)2)24(22,23)19-9-11-4-3-5-14-13(11)6-7-18-14/h3-8,10,18-19H,9H2,1-2H3,(H,17,21). The van der Waals surface area contributed by atoms with Crippen LogP contribution in [0.4, 0.5) is 0 Å². The topological polar surface area (TPSA) is 96.0 Å². The molecule has 2 aromatic heterocycles. The number of benzene rings is 1. The Hall–Kier alpha value is -2.58. The smallest absolute Gasteiger partial charge is 0.267 e. The van der Waals surface area contributed by atoms with E-state index in [1.165, 1.54) is 23.9 Å². The van der Waals surface area contributed by atoms with E-state index in [4.69, 9.17) is 0 Å². The number of nitrogens with zero attached hydrogens (tertiary/aromatic N) is 1. The van der Waals surface area contributed by atoms with Crippen LogP contribution < -0.4 is 10.0 Å². The van der Waals surface area contributed by atoms with Crippen LogP contribution in [0.2, 0.25) is 0 Å². The first-order chi connectivity index (χ1) is 11.4. The summed E-state index contributed by atoms with van der Waals surface area (Å²) in [6.45, 7) is 0.168. The van der Waals surface area contributed by atoms with Crippen molar-refractivity contribution in [3.05, 3.63) is 54.0 Å². The Morgan fingerprint density at radius 1 is 1.29 bits per heavy atom. The summed E-state index contributed by atoms with van der Waals surface area (Å²) in [4.78, 5) is 14.9. The Bertz CT molecular complexity index is 1000. The van der Waals surface area contributed by atoms with Gasteiger partial charge < -0.3 is 14.9 Å². The molecule has 0 bridgehead atoms. The van der Waals surface area contributed by atoms with Crippen molar-refractivity contribution in [3.8, 4) is 0 Å². The molecule has 7 nitrogen and oxygen atoms in total. The van der Waals surface area contributed by atoms with Gasteiger partial charge in [-0.15, -0.1) is 0 Å². The van der Waals surface area contributed by atoms with Crippen molar-refractivity contribution < 1.29 is 13.2 Å². The van der Waals surface area contributed by atoms with Crippen molar-refractivity contribution in [2.24, 2.45) is 7.05 Å². The SMILES string of the molecule is CNC(=O)c1cc(S(=O)(=O)NCc2cccc3[nH]ccc23)cn1C. The molecule has 1 aromatic carbocycles. The zero-order valence-corrected chi connectivity index (χ0v) is 14.1. The van der Waals surface area contributed by atoms with E-state index in [0.29, 0.717) is 0 Å². The third kappa shape index (κ3) is 2.93. The molecule has 0 radical (unpaired) electrons. The molecule has 0 saturated heterocycles. The number of fused-ring (bicyclic) bond motifs is 1. The van der Waals surface area contributed by atoms with E-state index in [1.54, 1.807) is 7.05 Å². The maximum absolute atomic E-state index is 12.5. The number of carbonyl (C=O) groups excluding carboxylic acids is 1. The minimum atomic E-state index is -3.71. The third-order valence-corrected chi connectivity index (χ3v) is 5.26. The van der Waals surface area contributed by atoms with Gasteiger partial charge >= 0.3 is 0 Å². The highest BCUT2D eigenvalue weighted by molar-refractivity contribution is 7.89. The maximum Gasteiger partial charge on any atom is 0.267 e. The van der Waals surface area contributed by atoms with Gasteiger partial charge in [0.2, 0.25) is 10.0 Å². The zero-order chi connectivity index (χ0) is 17.3. The van der Waals surface area contributed by atoms with Gasteiger partial charge in [-0.2, -0.15) is 0 Å². The number of hydrogen-bond acceptors (Lipinski definition) is 3. The predicted molar refractivity (Wildman–Crippen MR) is 91.1 cm³/mol. The second-order valence-corrected chi connectivity index (χ2v) is 7.20. The summed E-state index contributed by atoms with van der Waals surface area (Å²) in [6, 6.07) is 8.94. The van der Waals surface area contributed by atoms with Crippen LogP contribution in [0.15, 0.2) is 47.6 Å².